The molecule has 0 aliphatic carbocycles. The highest BCUT2D eigenvalue weighted by molar-refractivity contribution is 5.53. The van der Waals surface area contributed by atoms with Crippen LogP contribution in [0.15, 0.2) is 43.0 Å². The molecule has 3 heteroatoms. The molecule has 0 bridgehead atoms. The highest BCUT2D eigenvalue weighted by Crippen LogP contribution is 2.11. The summed E-state index contributed by atoms with van der Waals surface area (Å²) in [7, 11) is 0. The first-order chi connectivity index (χ1) is 7.90. The van der Waals surface area contributed by atoms with Crippen molar-refractivity contribution in [1.29, 1.82) is 0 Å². The van der Waals surface area contributed by atoms with Crippen molar-refractivity contribution in [3.8, 4) is 5.69 Å². The minimum atomic E-state index is 1.09. The maximum absolute atomic E-state index is 3.80. The van der Waals surface area contributed by atoms with E-state index in [0.29, 0.717) is 0 Å². The van der Waals surface area contributed by atoms with Crippen LogP contribution in [-0.4, -0.2) is 14.8 Å². The van der Waals surface area contributed by atoms with E-state index in [4.69, 9.17) is 0 Å². The Morgan fingerprint density at radius 3 is 2.81 bits per heavy atom. The van der Waals surface area contributed by atoms with Crippen molar-refractivity contribution in [2.45, 2.75) is 19.8 Å². The van der Waals surface area contributed by atoms with Gasteiger partial charge in [0, 0.05) is 5.69 Å². The van der Waals surface area contributed by atoms with E-state index in [1.165, 1.54) is 12.0 Å². The van der Waals surface area contributed by atoms with Gasteiger partial charge in [0.05, 0.1) is 0 Å². The average molecular weight is 213 g/mol. The van der Waals surface area contributed by atoms with Crippen LogP contribution in [0.5, 0.6) is 0 Å². The molecule has 0 atom stereocenters. The second-order valence-electron chi connectivity index (χ2n) is 3.66. The monoisotopic (exact) mass is 213 g/mol. The summed E-state index contributed by atoms with van der Waals surface area (Å²) in [5, 5.41) is 7.60. The lowest BCUT2D eigenvalue weighted by molar-refractivity contribution is 0.962. The zero-order chi connectivity index (χ0) is 11.2. The molecule has 0 saturated heterocycles. The summed E-state index contributed by atoms with van der Waals surface area (Å²) in [4.78, 5) is 0. The van der Waals surface area contributed by atoms with Gasteiger partial charge in [-0.05, 0) is 24.1 Å². The molecule has 82 valence electrons. The third-order valence-electron chi connectivity index (χ3n) is 2.35. The zero-order valence-corrected chi connectivity index (χ0v) is 9.37. The average Bonchev–Trinajstić information content (AvgIpc) is 2.83. The van der Waals surface area contributed by atoms with E-state index in [1.807, 2.05) is 16.7 Å². The Labute approximate surface area is 95.5 Å². The van der Waals surface area contributed by atoms with Crippen LogP contribution >= 0.6 is 0 Å². The third kappa shape index (κ3) is 2.57. The van der Waals surface area contributed by atoms with E-state index in [9.17, 15) is 0 Å². The van der Waals surface area contributed by atoms with E-state index in [1.54, 1.807) is 12.7 Å². The minimum Gasteiger partial charge on any atom is -0.288 e. The molecule has 2 aromatic rings. The van der Waals surface area contributed by atoms with Crippen LogP contribution in [0, 0.1) is 0 Å². The fourth-order valence-electron chi connectivity index (χ4n) is 1.51. The molecular formula is C13H15N3. The molecule has 0 saturated carbocycles. The van der Waals surface area contributed by atoms with Crippen LogP contribution in [0.25, 0.3) is 11.8 Å². The first-order valence-electron chi connectivity index (χ1n) is 5.52. The van der Waals surface area contributed by atoms with Gasteiger partial charge in [-0.25, -0.2) is 0 Å². The summed E-state index contributed by atoms with van der Waals surface area (Å²) in [6, 6.07) is 8.30. The summed E-state index contributed by atoms with van der Waals surface area (Å²) < 4.78 is 1.90. The second kappa shape index (κ2) is 5.26. The third-order valence-corrected chi connectivity index (χ3v) is 2.35. The van der Waals surface area contributed by atoms with Gasteiger partial charge in [0.25, 0.3) is 0 Å². The van der Waals surface area contributed by atoms with Crippen molar-refractivity contribution >= 4 is 6.08 Å². The Balaban J connectivity index is 2.20. The van der Waals surface area contributed by atoms with E-state index in [2.05, 4.69) is 41.4 Å². The number of aromatic nitrogens is 3. The number of benzene rings is 1. The van der Waals surface area contributed by atoms with Gasteiger partial charge in [0.15, 0.2) is 0 Å². The van der Waals surface area contributed by atoms with Crippen molar-refractivity contribution < 1.29 is 0 Å². The molecule has 1 heterocycles. The summed E-state index contributed by atoms with van der Waals surface area (Å²) in [5.41, 5.74) is 2.29. The predicted octanol–water partition coefficient (Wildman–Crippen LogP) is 3.08. The van der Waals surface area contributed by atoms with Crippen LogP contribution < -0.4 is 0 Å². The molecule has 0 radical (unpaired) electrons. The first-order valence-corrected chi connectivity index (χ1v) is 5.52. The number of hydrogen-bond acceptors (Lipinski definition) is 2. The molecule has 2 rings (SSSR count). The summed E-state index contributed by atoms with van der Waals surface area (Å²) in [5.74, 6) is 0. The molecule has 3 nitrogen and oxygen atoms in total. The van der Waals surface area contributed by atoms with Gasteiger partial charge in [-0.1, -0.05) is 37.6 Å². The number of rotatable bonds is 4. The van der Waals surface area contributed by atoms with E-state index < -0.39 is 0 Å². The van der Waals surface area contributed by atoms with E-state index >= 15 is 0 Å². The largest absolute Gasteiger partial charge is 0.288 e. The predicted molar refractivity (Wildman–Crippen MR) is 65.3 cm³/mol. The van der Waals surface area contributed by atoms with Crippen molar-refractivity contribution in [3.63, 3.8) is 0 Å². The maximum Gasteiger partial charge on any atom is 0.123 e. The Hall–Kier alpha value is -1.90. The van der Waals surface area contributed by atoms with Gasteiger partial charge in [-0.2, -0.15) is 0 Å². The van der Waals surface area contributed by atoms with Crippen LogP contribution in [0.4, 0.5) is 0 Å². The normalized spacial score (nSPS) is 11.1. The topological polar surface area (TPSA) is 30.7 Å². The minimum absolute atomic E-state index is 1.09. The lowest BCUT2D eigenvalue weighted by atomic mass is 10.1. The van der Waals surface area contributed by atoms with Crippen molar-refractivity contribution in [2.75, 3.05) is 0 Å². The Bertz CT molecular complexity index is 458. The lowest BCUT2D eigenvalue weighted by Crippen LogP contribution is -1.89. The SMILES string of the molecule is CCC/C=C/c1cccc(-n2cnnc2)c1. The van der Waals surface area contributed by atoms with Crippen LogP contribution in [0.2, 0.25) is 0 Å². The van der Waals surface area contributed by atoms with Gasteiger partial charge in [-0.3, -0.25) is 4.57 Å². The van der Waals surface area contributed by atoms with Gasteiger partial charge < -0.3 is 0 Å². The molecule has 0 fully saturated rings. The van der Waals surface area contributed by atoms with E-state index in [0.717, 1.165) is 12.1 Å². The number of nitrogens with zero attached hydrogens (tertiary/aromatic N) is 3. The molecular weight excluding hydrogens is 198 g/mol. The quantitative estimate of drug-likeness (QED) is 0.781. The van der Waals surface area contributed by atoms with Crippen LogP contribution in [-0.2, 0) is 0 Å². The Kier molecular flexibility index (Phi) is 3.49. The Morgan fingerprint density at radius 1 is 1.25 bits per heavy atom. The zero-order valence-electron chi connectivity index (χ0n) is 9.37. The molecule has 16 heavy (non-hydrogen) atoms. The summed E-state index contributed by atoms with van der Waals surface area (Å²) in [6.45, 7) is 2.18. The van der Waals surface area contributed by atoms with Crippen LogP contribution in [0.3, 0.4) is 0 Å². The standard InChI is InChI=1S/C13H15N3/c1-2-3-4-6-12-7-5-8-13(9-12)16-10-14-15-11-16/h4-11H,2-3H2,1H3/b6-4+. The highest BCUT2D eigenvalue weighted by atomic mass is 15.2. The molecule has 0 aliphatic heterocycles. The molecule has 0 unspecified atom stereocenters. The summed E-state index contributed by atoms with van der Waals surface area (Å²) in [6.07, 6.45) is 10.1. The summed E-state index contributed by atoms with van der Waals surface area (Å²) >= 11 is 0. The molecule has 0 spiro atoms. The van der Waals surface area contributed by atoms with Crippen molar-refractivity contribution in [1.82, 2.24) is 14.8 Å². The second-order valence-corrected chi connectivity index (χ2v) is 3.66. The van der Waals surface area contributed by atoms with Crippen molar-refractivity contribution in [3.05, 3.63) is 48.6 Å². The number of unbranched alkanes of at least 4 members (excludes halogenated alkanes) is 1. The molecule has 0 aliphatic rings. The first kappa shape index (κ1) is 10.6. The number of hydrogen-bond donors (Lipinski definition) is 0. The number of allylic oxidation sites excluding steroid dienone is 1. The molecule has 1 aromatic carbocycles. The smallest absolute Gasteiger partial charge is 0.123 e. The van der Waals surface area contributed by atoms with E-state index in [-0.39, 0.29) is 0 Å². The van der Waals surface area contributed by atoms with Gasteiger partial charge in [0.2, 0.25) is 0 Å². The van der Waals surface area contributed by atoms with Gasteiger partial charge in [-0.15, -0.1) is 10.2 Å². The fraction of sp³-hybridized carbons (Fsp3) is 0.231. The molecule has 0 N–H and O–H groups in total. The van der Waals surface area contributed by atoms with Gasteiger partial charge >= 0.3 is 0 Å². The fourth-order valence-corrected chi connectivity index (χ4v) is 1.51. The van der Waals surface area contributed by atoms with Gasteiger partial charge in [0.1, 0.15) is 12.7 Å². The molecule has 1 aromatic heterocycles. The van der Waals surface area contributed by atoms with Crippen LogP contribution in [0.1, 0.15) is 25.3 Å². The molecule has 0 amide bonds. The lowest BCUT2D eigenvalue weighted by Gasteiger charge is -2.01. The maximum atomic E-state index is 3.80. The Morgan fingerprint density at radius 2 is 2.06 bits per heavy atom. The highest BCUT2D eigenvalue weighted by Gasteiger charge is 1.95. The van der Waals surface area contributed by atoms with Crippen molar-refractivity contribution in [2.24, 2.45) is 0 Å².